The Morgan fingerprint density at radius 1 is 1.21 bits per heavy atom. The molecule has 0 saturated carbocycles. The number of carbonyl (C=O) groups excluding carboxylic acids is 2. The van der Waals surface area contributed by atoms with Crippen LogP contribution in [0.15, 0.2) is 18.2 Å². The molecule has 192 valence electrons. The third kappa shape index (κ3) is 7.77. The van der Waals surface area contributed by atoms with Gasteiger partial charge in [-0.05, 0) is 71.2 Å². The average Bonchev–Trinajstić information content (AvgIpc) is 3.17. The van der Waals surface area contributed by atoms with E-state index in [1.165, 1.54) is 6.07 Å². The van der Waals surface area contributed by atoms with Crippen molar-refractivity contribution >= 4 is 12.0 Å². The van der Waals surface area contributed by atoms with Gasteiger partial charge in [-0.2, -0.15) is 0 Å². The number of carbonyl (C=O) groups is 2. The summed E-state index contributed by atoms with van der Waals surface area (Å²) < 4.78 is 16.2. The van der Waals surface area contributed by atoms with Crippen molar-refractivity contribution in [1.29, 1.82) is 0 Å². The van der Waals surface area contributed by atoms with Gasteiger partial charge in [0.25, 0.3) is 5.91 Å². The maximum Gasteiger partial charge on any atom is 0.410 e. The summed E-state index contributed by atoms with van der Waals surface area (Å²) >= 11 is 0. The van der Waals surface area contributed by atoms with Crippen LogP contribution in [-0.4, -0.2) is 85.1 Å². The van der Waals surface area contributed by atoms with Gasteiger partial charge in [-0.15, -0.1) is 0 Å². The topological polar surface area (TPSA) is 115 Å². The van der Waals surface area contributed by atoms with Crippen LogP contribution in [0, 0.1) is 11.8 Å². The summed E-state index contributed by atoms with van der Waals surface area (Å²) in [7, 11) is 1.61. The molecule has 1 aliphatic rings. The molecule has 1 aliphatic heterocycles. The molecule has 9 nitrogen and oxygen atoms in total. The van der Waals surface area contributed by atoms with E-state index in [1.54, 1.807) is 29.0 Å². The van der Waals surface area contributed by atoms with Crippen LogP contribution in [-0.2, 0) is 9.47 Å². The van der Waals surface area contributed by atoms with Crippen LogP contribution in [0.25, 0.3) is 0 Å². The number of hydrogen-bond acceptors (Lipinski definition) is 7. The lowest BCUT2D eigenvalue weighted by Gasteiger charge is -2.31. The smallest absolute Gasteiger partial charge is 0.410 e. The number of likely N-dealkylation sites (tertiary alicyclic amines) is 1. The lowest BCUT2D eigenvalue weighted by atomic mass is 9.95. The van der Waals surface area contributed by atoms with Gasteiger partial charge in [-0.1, -0.05) is 0 Å². The molecule has 0 aromatic heterocycles. The van der Waals surface area contributed by atoms with Gasteiger partial charge in [0.05, 0.1) is 6.61 Å². The standard InChI is InChI=1S/C25H41N3O6/c1-17(2)28(16-20-15-27(14-19(20)13-26)24(31)34-25(3,4)5)23(30)18-8-9-21(29)22(12-18)33-11-7-10-32-6/h8-9,12,17,19-20,29H,7,10-11,13-16,26H2,1-6H3/t19-,20+/m1/s1. The van der Waals surface area contributed by atoms with Gasteiger partial charge in [0, 0.05) is 51.4 Å². The van der Waals surface area contributed by atoms with Crippen LogP contribution in [0.1, 0.15) is 51.4 Å². The number of amides is 2. The van der Waals surface area contributed by atoms with Crippen LogP contribution in [0.2, 0.25) is 0 Å². The maximum absolute atomic E-state index is 13.4. The molecule has 1 saturated heterocycles. The van der Waals surface area contributed by atoms with Crippen molar-refractivity contribution in [1.82, 2.24) is 9.80 Å². The molecule has 1 aromatic rings. The minimum absolute atomic E-state index is 0.0166. The van der Waals surface area contributed by atoms with E-state index in [0.29, 0.717) is 51.4 Å². The van der Waals surface area contributed by atoms with Gasteiger partial charge in [0.2, 0.25) is 0 Å². The van der Waals surface area contributed by atoms with E-state index in [2.05, 4.69) is 0 Å². The summed E-state index contributed by atoms with van der Waals surface area (Å²) in [6, 6.07) is 4.57. The Hall–Kier alpha value is -2.52. The molecule has 2 amide bonds. The summed E-state index contributed by atoms with van der Waals surface area (Å²) in [5.74, 6) is 0.189. The number of methoxy groups -OCH3 is 1. The number of ether oxygens (including phenoxy) is 3. The normalized spacial score (nSPS) is 18.3. The highest BCUT2D eigenvalue weighted by Gasteiger charge is 2.38. The van der Waals surface area contributed by atoms with E-state index in [1.807, 2.05) is 34.6 Å². The Labute approximate surface area is 203 Å². The molecular formula is C25H41N3O6. The predicted molar refractivity (Wildman–Crippen MR) is 130 cm³/mol. The Morgan fingerprint density at radius 3 is 2.47 bits per heavy atom. The summed E-state index contributed by atoms with van der Waals surface area (Å²) in [5.41, 5.74) is 5.88. The van der Waals surface area contributed by atoms with Crippen molar-refractivity contribution in [3.63, 3.8) is 0 Å². The average molecular weight is 480 g/mol. The Bertz CT molecular complexity index is 823. The molecule has 34 heavy (non-hydrogen) atoms. The molecule has 2 rings (SSSR count). The molecule has 0 spiro atoms. The number of phenolic OH excluding ortho intramolecular Hbond substituents is 1. The first-order valence-electron chi connectivity index (χ1n) is 11.9. The van der Waals surface area contributed by atoms with Gasteiger partial charge in [-0.25, -0.2) is 4.79 Å². The fraction of sp³-hybridized carbons (Fsp3) is 0.680. The molecule has 0 bridgehead atoms. The van der Waals surface area contributed by atoms with E-state index in [9.17, 15) is 14.7 Å². The van der Waals surface area contributed by atoms with Crippen molar-refractivity contribution in [2.24, 2.45) is 17.6 Å². The second-order valence-electron chi connectivity index (χ2n) is 10.1. The lowest BCUT2D eigenvalue weighted by Crippen LogP contribution is -2.43. The van der Waals surface area contributed by atoms with E-state index in [-0.39, 0.29) is 41.4 Å². The van der Waals surface area contributed by atoms with Crippen molar-refractivity contribution in [2.45, 2.75) is 52.7 Å². The number of nitrogens with zero attached hydrogens (tertiary/aromatic N) is 2. The van der Waals surface area contributed by atoms with Crippen molar-refractivity contribution in [3.8, 4) is 11.5 Å². The van der Waals surface area contributed by atoms with E-state index in [4.69, 9.17) is 19.9 Å². The minimum Gasteiger partial charge on any atom is -0.504 e. The van der Waals surface area contributed by atoms with Crippen LogP contribution in [0.3, 0.4) is 0 Å². The first kappa shape index (κ1) is 27.7. The molecule has 1 heterocycles. The third-order valence-electron chi connectivity index (χ3n) is 5.80. The first-order valence-corrected chi connectivity index (χ1v) is 11.9. The summed E-state index contributed by atoms with van der Waals surface area (Å²) in [4.78, 5) is 29.5. The Balaban J connectivity index is 2.13. The maximum atomic E-state index is 13.4. The van der Waals surface area contributed by atoms with E-state index < -0.39 is 5.60 Å². The molecule has 1 aromatic carbocycles. The van der Waals surface area contributed by atoms with E-state index in [0.717, 1.165) is 0 Å². The van der Waals surface area contributed by atoms with Gasteiger partial charge < -0.3 is 34.9 Å². The fourth-order valence-corrected chi connectivity index (χ4v) is 3.98. The fourth-order valence-electron chi connectivity index (χ4n) is 3.98. The minimum atomic E-state index is -0.574. The SMILES string of the molecule is COCCCOc1cc(C(=O)N(C[C@@H]2CN(C(=O)OC(C)(C)C)C[C@H]2CN)C(C)C)ccc1O. The number of aromatic hydroxyl groups is 1. The number of nitrogens with two attached hydrogens (primary N) is 1. The second-order valence-corrected chi connectivity index (χ2v) is 10.1. The van der Waals surface area contributed by atoms with Crippen LogP contribution in [0.5, 0.6) is 11.5 Å². The third-order valence-corrected chi connectivity index (χ3v) is 5.80. The van der Waals surface area contributed by atoms with Crippen molar-refractivity contribution in [2.75, 3.05) is 46.5 Å². The quantitative estimate of drug-likeness (QED) is 0.496. The molecule has 0 unspecified atom stereocenters. The number of rotatable bonds is 10. The summed E-state index contributed by atoms with van der Waals surface area (Å²) in [5, 5.41) is 10.1. The predicted octanol–water partition coefficient (Wildman–Crippen LogP) is 3.10. The number of benzene rings is 1. The van der Waals surface area contributed by atoms with Gasteiger partial charge in [-0.3, -0.25) is 4.79 Å². The zero-order valence-corrected chi connectivity index (χ0v) is 21.4. The molecule has 3 N–H and O–H groups in total. The first-order chi connectivity index (χ1) is 16.0. The highest BCUT2D eigenvalue weighted by molar-refractivity contribution is 5.95. The largest absolute Gasteiger partial charge is 0.504 e. The van der Waals surface area contributed by atoms with Crippen molar-refractivity contribution < 1.29 is 28.9 Å². The van der Waals surface area contributed by atoms with Crippen molar-refractivity contribution in [3.05, 3.63) is 23.8 Å². The molecule has 1 fully saturated rings. The monoisotopic (exact) mass is 479 g/mol. The Kier molecular flexibility index (Phi) is 10.00. The molecule has 0 aliphatic carbocycles. The van der Waals surface area contributed by atoms with E-state index >= 15 is 0 Å². The summed E-state index contributed by atoms with van der Waals surface area (Å²) in [6.45, 7) is 12.2. The van der Waals surface area contributed by atoms with Gasteiger partial charge in [0.15, 0.2) is 11.5 Å². The molecule has 2 atom stereocenters. The second kappa shape index (κ2) is 12.3. The number of hydrogen-bond donors (Lipinski definition) is 2. The zero-order chi connectivity index (χ0) is 25.5. The van der Waals surface area contributed by atoms with Crippen LogP contribution >= 0.6 is 0 Å². The molecule has 9 heteroatoms. The Morgan fingerprint density at radius 2 is 1.88 bits per heavy atom. The summed E-state index contributed by atoms with van der Waals surface area (Å²) in [6.07, 6.45) is 0.312. The zero-order valence-electron chi connectivity index (χ0n) is 21.4. The van der Waals surface area contributed by atoms with Gasteiger partial charge >= 0.3 is 6.09 Å². The van der Waals surface area contributed by atoms with Crippen LogP contribution in [0.4, 0.5) is 4.79 Å². The lowest BCUT2D eigenvalue weighted by molar-refractivity contribution is 0.0282. The van der Waals surface area contributed by atoms with Crippen LogP contribution < -0.4 is 10.5 Å². The highest BCUT2D eigenvalue weighted by Crippen LogP contribution is 2.30. The molecule has 0 radical (unpaired) electrons. The van der Waals surface area contributed by atoms with Gasteiger partial charge in [0.1, 0.15) is 5.60 Å². The highest BCUT2D eigenvalue weighted by atomic mass is 16.6. The molecular weight excluding hydrogens is 438 g/mol. The number of phenols is 1.